The minimum absolute atomic E-state index is 0.0633. The van der Waals surface area contributed by atoms with E-state index in [1.165, 1.54) is 12.1 Å². The number of primary amides is 1. The van der Waals surface area contributed by atoms with Gasteiger partial charge < -0.3 is 10.6 Å². The zero-order valence-corrected chi connectivity index (χ0v) is 14.2. The number of aryl methyl sites for hydroxylation is 1. The maximum absolute atomic E-state index is 14.5. The molecule has 0 aromatic heterocycles. The molecule has 0 spiro atoms. The maximum Gasteiger partial charge on any atom is 0.256 e. The van der Waals surface area contributed by atoms with Crippen molar-refractivity contribution in [2.75, 3.05) is 13.1 Å². The molecule has 1 fully saturated rings. The highest BCUT2D eigenvalue weighted by Crippen LogP contribution is 2.24. The minimum atomic E-state index is -0.528. The second-order valence-electron chi connectivity index (χ2n) is 6.53. The number of carbonyl (C=O) groups is 2. The molecule has 0 radical (unpaired) electrons. The zero-order chi connectivity index (χ0) is 18.0. The number of amides is 2. The molecule has 1 saturated heterocycles. The number of nitrogens with zero attached hydrogens (tertiary/aromatic N) is 1. The standard InChI is InChI=1S/C20H21FN2O2/c1-13-2-4-14(5-3-13)16-6-7-17(18(21)12-16)20(25)23-10-8-15(9-11-23)19(22)24/h2-7,12,15H,8-11H2,1H3,(H2,22,24). The molecule has 130 valence electrons. The summed E-state index contributed by atoms with van der Waals surface area (Å²) in [5, 5.41) is 0. The van der Waals surface area contributed by atoms with Crippen LogP contribution < -0.4 is 5.73 Å². The molecule has 2 aromatic carbocycles. The summed E-state index contributed by atoms with van der Waals surface area (Å²) in [5.74, 6) is -1.39. The molecule has 2 amide bonds. The molecule has 0 saturated carbocycles. The molecule has 5 heteroatoms. The Balaban J connectivity index is 1.76. The van der Waals surface area contributed by atoms with Crippen molar-refractivity contribution in [1.82, 2.24) is 4.90 Å². The lowest BCUT2D eigenvalue weighted by atomic mass is 9.95. The number of hydrogen-bond donors (Lipinski definition) is 1. The summed E-state index contributed by atoms with van der Waals surface area (Å²) in [5.41, 5.74) is 8.15. The van der Waals surface area contributed by atoms with Crippen LogP contribution in [0.15, 0.2) is 42.5 Å². The van der Waals surface area contributed by atoms with Gasteiger partial charge in [-0.3, -0.25) is 9.59 Å². The quantitative estimate of drug-likeness (QED) is 0.933. The predicted octanol–water partition coefficient (Wildman–Crippen LogP) is 3.14. The molecule has 1 aliphatic heterocycles. The lowest BCUT2D eigenvalue weighted by molar-refractivity contribution is -0.123. The first-order valence-corrected chi connectivity index (χ1v) is 8.41. The van der Waals surface area contributed by atoms with Gasteiger partial charge in [0.2, 0.25) is 5.91 Å². The lowest BCUT2D eigenvalue weighted by Gasteiger charge is -2.30. The largest absolute Gasteiger partial charge is 0.369 e. The van der Waals surface area contributed by atoms with Crippen LogP contribution in [0.4, 0.5) is 4.39 Å². The van der Waals surface area contributed by atoms with Gasteiger partial charge in [-0.05, 0) is 43.0 Å². The van der Waals surface area contributed by atoms with E-state index in [4.69, 9.17) is 5.73 Å². The summed E-state index contributed by atoms with van der Waals surface area (Å²) >= 11 is 0. The van der Waals surface area contributed by atoms with E-state index in [-0.39, 0.29) is 23.3 Å². The van der Waals surface area contributed by atoms with Crippen molar-refractivity contribution in [3.8, 4) is 11.1 Å². The number of rotatable bonds is 3. The molecular formula is C20H21FN2O2. The van der Waals surface area contributed by atoms with Gasteiger partial charge in [0, 0.05) is 19.0 Å². The van der Waals surface area contributed by atoms with Crippen LogP contribution in [0.1, 0.15) is 28.8 Å². The fourth-order valence-corrected chi connectivity index (χ4v) is 3.15. The van der Waals surface area contributed by atoms with Crippen molar-refractivity contribution < 1.29 is 14.0 Å². The van der Waals surface area contributed by atoms with E-state index in [1.807, 2.05) is 31.2 Å². The Labute approximate surface area is 146 Å². The highest BCUT2D eigenvalue weighted by atomic mass is 19.1. The topological polar surface area (TPSA) is 63.4 Å². The van der Waals surface area contributed by atoms with Gasteiger partial charge in [0.25, 0.3) is 5.91 Å². The van der Waals surface area contributed by atoms with Crippen molar-refractivity contribution >= 4 is 11.8 Å². The Morgan fingerprint density at radius 1 is 1.04 bits per heavy atom. The van der Waals surface area contributed by atoms with Gasteiger partial charge in [-0.1, -0.05) is 35.9 Å². The van der Waals surface area contributed by atoms with Gasteiger partial charge in [0.1, 0.15) is 5.82 Å². The van der Waals surface area contributed by atoms with Crippen molar-refractivity contribution in [1.29, 1.82) is 0 Å². The predicted molar refractivity (Wildman–Crippen MR) is 94.4 cm³/mol. The zero-order valence-electron chi connectivity index (χ0n) is 14.2. The van der Waals surface area contributed by atoms with Crippen molar-refractivity contribution in [2.45, 2.75) is 19.8 Å². The number of benzene rings is 2. The van der Waals surface area contributed by atoms with Gasteiger partial charge in [-0.2, -0.15) is 0 Å². The number of halogens is 1. The van der Waals surface area contributed by atoms with Crippen LogP contribution in [0, 0.1) is 18.7 Å². The first-order chi connectivity index (χ1) is 12.0. The Morgan fingerprint density at radius 2 is 1.64 bits per heavy atom. The smallest absolute Gasteiger partial charge is 0.256 e. The number of carbonyl (C=O) groups excluding carboxylic acids is 2. The SMILES string of the molecule is Cc1ccc(-c2ccc(C(=O)N3CCC(C(N)=O)CC3)c(F)c2)cc1. The average Bonchev–Trinajstić information content (AvgIpc) is 2.62. The van der Waals surface area contributed by atoms with E-state index >= 15 is 0 Å². The third kappa shape index (κ3) is 3.71. The number of piperidine rings is 1. The van der Waals surface area contributed by atoms with Crippen molar-refractivity contribution in [3.63, 3.8) is 0 Å². The molecule has 0 aliphatic carbocycles. The summed E-state index contributed by atoms with van der Waals surface area (Å²) in [7, 11) is 0. The summed E-state index contributed by atoms with van der Waals surface area (Å²) in [4.78, 5) is 25.4. The summed E-state index contributed by atoms with van der Waals surface area (Å²) < 4.78 is 14.5. The van der Waals surface area contributed by atoms with Gasteiger partial charge in [-0.15, -0.1) is 0 Å². The third-order valence-electron chi connectivity index (χ3n) is 4.77. The van der Waals surface area contributed by atoms with Gasteiger partial charge in [-0.25, -0.2) is 4.39 Å². The minimum Gasteiger partial charge on any atom is -0.369 e. The first kappa shape index (κ1) is 17.1. The monoisotopic (exact) mass is 340 g/mol. The van der Waals surface area contributed by atoms with Crippen molar-refractivity contribution in [2.24, 2.45) is 11.7 Å². The second-order valence-corrected chi connectivity index (χ2v) is 6.53. The van der Waals surface area contributed by atoms with Gasteiger partial charge >= 0.3 is 0 Å². The second kappa shape index (κ2) is 7.05. The molecule has 1 aliphatic rings. The molecule has 25 heavy (non-hydrogen) atoms. The van der Waals surface area contributed by atoms with Crippen LogP contribution >= 0.6 is 0 Å². The normalized spacial score (nSPS) is 15.2. The number of nitrogens with two attached hydrogens (primary N) is 1. The maximum atomic E-state index is 14.5. The molecule has 3 rings (SSSR count). The Kier molecular flexibility index (Phi) is 4.83. The molecule has 0 bridgehead atoms. The van der Waals surface area contributed by atoms with E-state index in [2.05, 4.69) is 0 Å². The lowest BCUT2D eigenvalue weighted by Crippen LogP contribution is -2.42. The number of hydrogen-bond acceptors (Lipinski definition) is 2. The molecule has 4 nitrogen and oxygen atoms in total. The Bertz CT molecular complexity index is 794. The van der Waals surface area contributed by atoms with Crippen LogP contribution in [0.25, 0.3) is 11.1 Å². The molecule has 1 heterocycles. The van der Waals surface area contributed by atoms with E-state index < -0.39 is 5.82 Å². The van der Waals surface area contributed by atoms with E-state index in [1.54, 1.807) is 11.0 Å². The number of likely N-dealkylation sites (tertiary alicyclic amines) is 1. The first-order valence-electron chi connectivity index (χ1n) is 8.41. The fraction of sp³-hybridized carbons (Fsp3) is 0.300. The highest BCUT2D eigenvalue weighted by molar-refractivity contribution is 5.95. The van der Waals surface area contributed by atoms with E-state index in [9.17, 15) is 14.0 Å². The summed E-state index contributed by atoms with van der Waals surface area (Å²) in [6, 6.07) is 12.5. The van der Waals surface area contributed by atoms with Crippen LogP contribution in [0.3, 0.4) is 0 Å². The Hall–Kier alpha value is -2.69. The molecule has 2 N–H and O–H groups in total. The third-order valence-corrected chi connectivity index (χ3v) is 4.77. The molecule has 2 aromatic rings. The van der Waals surface area contributed by atoms with Crippen molar-refractivity contribution in [3.05, 3.63) is 59.4 Å². The fourth-order valence-electron chi connectivity index (χ4n) is 3.15. The van der Waals surface area contributed by atoms with Gasteiger partial charge in [0.15, 0.2) is 0 Å². The molecule has 0 atom stereocenters. The van der Waals surface area contributed by atoms with Crippen LogP contribution in [0.2, 0.25) is 0 Å². The summed E-state index contributed by atoms with van der Waals surface area (Å²) in [6.45, 7) is 2.84. The highest BCUT2D eigenvalue weighted by Gasteiger charge is 2.27. The molecule has 0 unspecified atom stereocenters. The Morgan fingerprint density at radius 3 is 2.20 bits per heavy atom. The van der Waals surface area contributed by atoms with Crippen LogP contribution in [-0.4, -0.2) is 29.8 Å². The van der Waals surface area contributed by atoms with E-state index in [0.29, 0.717) is 25.9 Å². The van der Waals surface area contributed by atoms with Crippen LogP contribution in [0.5, 0.6) is 0 Å². The van der Waals surface area contributed by atoms with E-state index in [0.717, 1.165) is 16.7 Å². The molecular weight excluding hydrogens is 319 g/mol. The average molecular weight is 340 g/mol. The summed E-state index contributed by atoms with van der Waals surface area (Å²) in [6.07, 6.45) is 1.06. The van der Waals surface area contributed by atoms with Gasteiger partial charge in [0.05, 0.1) is 5.56 Å². The van der Waals surface area contributed by atoms with Crippen LogP contribution in [-0.2, 0) is 4.79 Å².